The van der Waals surface area contributed by atoms with E-state index in [9.17, 15) is 8.42 Å². The van der Waals surface area contributed by atoms with Gasteiger partial charge in [-0.15, -0.1) is 0 Å². The molecule has 2 N–H and O–H groups in total. The fourth-order valence-electron chi connectivity index (χ4n) is 0.928. The summed E-state index contributed by atoms with van der Waals surface area (Å²) < 4.78 is 26.8. The Bertz CT molecular complexity index is 400. The number of hydrogen-bond donors (Lipinski definition) is 1. The number of rotatable bonds is 5. The fourth-order valence-corrected chi connectivity index (χ4v) is 1.31. The highest BCUT2D eigenvalue weighted by molar-refractivity contribution is 7.90. The van der Waals surface area contributed by atoms with E-state index < -0.39 is 9.84 Å². The van der Waals surface area contributed by atoms with Crippen LogP contribution >= 0.6 is 0 Å². The van der Waals surface area contributed by atoms with Crippen LogP contribution in [0.15, 0.2) is 18.3 Å². The SMILES string of the molecule is CS(=O)(=O)CCOc1ccc(CN)nc1. The van der Waals surface area contributed by atoms with Gasteiger partial charge >= 0.3 is 0 Å². The third kappa shape index (κ3) is 4.75. The average molecular weight is 230 g/mol. The Kier molecular flexibility index (Phi) is 4.05. The molecule has 0 amide bonds. The van der Waals surface area contributed by atoms with Crippen molar-refractivity contribution in [3.63, 3.8) is 0 Å². The van der Waals surface area contributed by atoms with Crippen LogP contribution in [0, 0.1) is 0 Å². The highest BCUT2D eigenvalue weighted by Crippen LogP contribution is 2.08. The molecule has 1 heterocycles. The summed E-state index contributed by atoms with van der Waals surface area (Å²) in [6.07, 6.45) is 2.70. The molecule has 0 bridgehead atoms. The third-order valence-electron chi connectivity index (χ3n) is 1.73. The highest BCUT2D eigenvalue weighted by Gasteiger charge is 2.02. The second-order valence-corrected chi connectivity index (χ2v) is 5.43. The molecule has 5 nitrogen and oxygen atoms in total. The van der Waals surface area contributed by atoms with Crippen molar-refractivity contribution in [3.05, 3.63) is 24.0 Å². The predicted molar refractivity (Wildman–Crippen MR) is 57.3 cm³/mol. The Morgan fingerprint density at radius 1 is 1.47 bits per heavy atom. The molecule has 15 heavy (non-hydrogen) atoms. The van der Waals surface area contributed by atoms with Crippen molar-refractivity contribution in [1.29, 1.82) is 0 Å². The number of nitrogens with zero attached hydrogens (tertiary/aromatic N) is 1. The number of aromatic nitrogens is 1. The van der Waals surface area contributed by atoms with Gasteiger partial charge in [-0.1, -0.05) is 0 Å². The van der Waals surface area contributed by atoms with Gasteiger partial charge in [-0.25, -0.2) is 8.42 Å². The first-order valence-electron chi connectivity index (χ1n) is 4.47. The van der Waals surface area contributed by atoms with Crippen LogP contribution < -0.4 is 10.5 Å². The van der Waals surface area contributed by atoms with E-state index >= 15 is 0 Å². The van der Waals surface area contributed by atoms with Crippen molar-refractivity contribution < 1.29 is 13.2 Å². The molecule has 0 aliphatic rings. The van der Waals surface area contributed by atoms with Crippen molar-refractivity contribution in [1.82, 2.24) is 4.98 Å². The molecule has 0 radical (unpaired) electrons. The zero-order valence-corrected chi connectivity index (χ0v) is 9.33. The second-order valence-electron chi connectivity index (χ2n) is 3.17. The number of sulfone groups is 1. The lowest BCUT2D eigenvalue weighted by atomic mass is 10.3. The van der Waals surface area contributed by atoms with Gasteiger partial charge in [0.15, 0.2) is 9.84 Å². The van der Waals surface area contributed by atoms with Crippen LogP contribution in [0.5, 0.6) is 5.75 Å². The summed E-state index contributed by atoms with van der Waals surface area (Å²) in [6, 6.07) is 3.47. The van der Waals surface area contributed by atoms with Crippen molar-refractivity contribution in [2.75, 3.05) is 18.6 Å². The molecule has 0 spiro atoms. The summed E-state index contributed by atoms with van der Waals surface area (Å²) in [6.45, 7) is 0.520. The Labute approximate surface area is 89.2 Å². The Balaban J connectivity index is 2.45. The smallest absolute Gasteiger partial charge is 0.150 e. The number of ether oxygens (including phenoxy) is 1. The minimum atomic E-state index is -2.97. The molecule has 1 aromatic rings. The maximum Gasteiger partial charge on any atom is 0.150 e. The molecule has 0 saturated heterocycles. The van der Waals surface area contributed by atoms with Crippen molar-refractivity contribution in [2.45, 2.75) is 6.54 Å². The minimum absolute atomic E-state index is 0.00560. The van der Waals surface area contributed by atoms with Gasteiger partial charge in [-0.05, 0) is 12.1 Å². The summed E-state index contributed by atoms with van der Waals surface area (Å²) in [4.78, 5) is 4.01. The topological polar surface area (TPSA) is 82.3 Å². The largest absolute Gasteiger partial charge is 0.491 e. The minimum Gasteiger partial charge on any atom is -0.491 e. The fraction of sp³-hybridized carbons (Fsp3) is 0.444. The van der Waals surface area contributed by atoms with Crippen LogP contribution in [0.4, 0.5) is 0 Å². The molecular weight excluding hydrogens is 216 g/mol. The number of pyridine rings is 1. The van der Waals surface area contributed by atoms with Crippen LogP contribution in [0.1, 0.15) is 5.69 Å². The summed E-state index contributed by atoms with van der Waals surface area (Å²) in [7, 11) is -2.97. The normalized spacial score (nSPS) is 11.3. The Morgan fingerprint density at radius 3 is 2.67 bits per heavy atom. The van der Waals surface area contributed by atoms with Gasteiger partial charge in [0.2, 0.25) is 0 Å². The summed E-state index contributed by atoms with van der Waals surface area (Å²) >= 11 is 0. The molecule has 1 aromatic heterocycles. The van der Waals surface area contributed by atoms with Gasteiger partial charge in [0.25, 0.3) is 0 Å². The van der Waals surface area contributed by atoms with E-state index in [4.69, 9.17) is 10.5 Å². The third-order valence-corrected chi connectivity index (χ3v) is 2.64. The lowest BCUT2D eigenvalue weighted by Gasteiger charge is -2.04. The lowest BCUT2D eigenvalue weighted by molar-refractivity contribution is 0.339. The molecule has 0 unspecified atom stereocenters. The van der Waals surface area contributed by atoms with E-state index in [-0.39, 0.29) is 12.4 Å². The zero-order chi connectivity index (χ0) is 11.3. The molecule has 0 saturated carbocycles. The molecule has 0 aliphatic heterocycles. The van der Waals surface area contributed by atoms with Crippen molar-refractivity contribution in [2.24, 2.45) is 5.73 Å². The van der Waals surface area contributed by atoms with Gasteiger partial charge in [0.1, 0.15) is 12.4 Å². The molecular formula is C9H14N2O3S. The molecule has 0 fully saturated rings. The zero-order valence-electron chi connectivity index (χ0n) is 8.51. The highest BCUT2D eigenvalue weighted by atomic mass is 32.2. The lowest BCUT2D eigenvalue weighted by Crippen LogP contribution is -2.12. The van der Waals surface area contributed by atoms with E-state index in [2.05, 4.69) is 4.98 Å². The van der Waals surface area contributed by atoms with Crippen LogP contribution in [0.2, 0.25) is 0 Å². The Morgan fingerprint density at radius 2 is 2.20 bits per heavy atom. The molecule has 6 heteroatoms. The molecule has 0 aliphatic carbocycles. The number of nitrogens with two attached hydrogens (primary N) is 1. The van der Waals surface area contributed by atoms with E-state index in [0.717, 1.165) is 5.69 Å². The second kappa shape index (κ2) is 5.09. The van der Waals surface area contributed by atoms with E-state index in [1.807, 2.05) is 0 Å². The van der Waals surface area contributed by atoms with Crippen molar-refractivity contribution in [3.8, 4) is 5.75 Å². The van der Waals surface area contributed by atoms with E-state index in [1.165, 1.54) is 12.5 Å². The maximum atomic E-state index is 10.8. The maximum absolute atomic E-state index is 10.8. The summed E-state index contributed by atoms with van der Waals surface area (Å²) in [5.74, 6) is 0.557. The summed E-state index contributed by atoms with van der Waals surface area (Å²) in [5.41, 5.74) is 6.14. The van der Waals surface area contributed by atoms with E-state index in [0.29, 0.717) is 12.3 Å². The van der Waals surface area contributed by atoms with E-state index in [1.54, 1.807) is 12.1 Å². The number of hydrogen-bond acceptors (Lipinski definition) is 5. The molecule has 0 aromatic carbocycles. The first-order valence-corrected chi connectivity index (χ1v) is 6.53. The Hall–Kier alpha value is -1.14. The summed E-state index contributed by atoms with van der Waals surface area (Å²) in [5, 5.41) is 0. The van der Waals surface area contributed by atoms with Crippen LogP contribution in [-0.4, -0.2) is 32.0 Å². The van der Waals surface area contributed by atoms with Gasteiger partial charge in [0.05, 0.1) is 17.6 Å². The van der Waals surface area contributed by atoms with Crippen molar-refractivity contribution >= 4 is 9.84 Å². The van der Waals surface area contributed by atoms with Crippen LogP contribution in [0.3, 0.4) is 0 Å². The van der Waals surface area contributed by atoms with Gasteiger partial charge in [0, 0.05) is 12.8 Å². The quantitative estimate of drug-likeness (QED) is 0.767. The first kappa shape index (κ1) is 11.9. The van der Waals surface area contributed by atoms with Gasteiger partial charge < -0.3 is 10.5 Å². The standard InChI is InChI=1S/C9H14N2O3S/c1-15(12,13)5-4-14-9-3-2-8(6-10)11-7-9/h2-3,7H,4-6,10H2,1H3. The van der Waals surface area contributed by atoms with Crippen LogP contribution in [-0.2, 0) is 16.4 Å². The van der Waals surface area contributed by atoms with Gasteiger partial charge in [-0.2, -0.15) is 0 Å². The average Bonchev–Trinajstić information content (AvgIpc) is 2.17. The molecule has 84 valence electrons. The predicted octanol–water partition coefficient (Wildman–Crippen LogP) is -0.0363. The van der Waals surface area contributed by atoms with Gasteiger partial charge in [-0.3, -0.25) is 4.98 Å². The molecule has 0 atom stereocenters. The van der Waals surface area contributed by atoms with Crippen LogP contribution in [0.25, 0.3) is 0 Å². The monoisotopic (exact) mass is 230 g/mol. The first-order chi connectivity index (χ1) is 7.01. The molecule has 1 rings (SSSR count).